The van der Waals surface area contributed by atoms with Crippen molar-refractivity contribution in [2.45, 2.75) is 26.4 Å². The quantitative estimate of drug-likeness (QED) is 0.753. The van der Waals surface area contributed by atoms with Crippen molar-refractivity contribution in [1.29, 1.82) is 0 Å². The lowest BCUT2D eigenvalue weighted by Crippen LogP contribution is -2.27. The third-order valence-electron chi connectivity index (χ3n) is 3.19. The third-order valence-corrected chi connectivity index (χ3v) is 3.19. The van der Waals surface area contributed by atoms with Crippen LogP contribution < -0.4 is 11.1 Å². The summed E-state index contributed by atoms with van der Waals surface area (Å²) >= 11 is 0. The second-order valence-electron chi connectivity index (χ2n) is 6.40. The van der Waals surface area contributed by atoms with E-state index in [-0.39, 0.29) is 5.95 Å². The van der Waals surface area contributed by atoms with Gasteiger partial charge >= 0.3 is 6.09 Å². The van der Waals surface area contributed by atoms with Crippen LogP contribution in [0.5, 0.6) is 0 Å². The van der Waals surface area contributed by atoms with E-state index in [9.17, 15) is 4.79 Å². The lowest BCUT2D eigenvalue weighted by Gasteiger charge is -2.19. The zero-order chi connectivity index (χ0) is 17.3. The summed E-state index contributed by atoms with van der Waals surface area (Å²) in [5.41, 5.74) is 8.26. The number of benzene rings is 1. The molecule has 0 spiro atoms. The molecule has 3 rings (SSSR count). The van der Waals surface area contributed by atoms with Crippen LogP contribution in [-0.2, 0) is 4.74 Å². The highest BCUT2D eigenvalue weighted by molar-refractivity contribution is 5.86. The molecule has 1 aromatic carbocycles. The van der Waals surface area contributed by atoms with Gasteiger partial charge in [0.1, 0.15) is 5.60 Å². The van der Waals surface area contributed by atoms with Crippen molar-refractivity contribution < 1.29 is 9.53 Å². The number of aromatic nitrogens is 3. The predicted octanol–water partition coefficient (Wildman–Crippen LogP) is 3.33. The van der Waals surface area contributed by atoms with Gasteiger partial charge < -0.3 is 10.5 Å². The molecule has 0 saturated carbocycles. The molecule has 0 radical (unpaired) electrons. The fourth-order valence-corrected chi connectivity index (χ4v) is 2.27. The van der Waals surface area contributed by atoms with E-state index in [4.69, 9.17) is 10.5 Å². The smallest absolute Gasteiger partial charge is 0.412 e. The molecule has 0 aliphatic heterocycles. The highest BCUT2D eigenvalue weighted by atomic mass is 16.6. The van der Waals surface area contributed by atoms with E-state index in [2.05, 4.69) is 15.4 Å². The first-order chi connectivity index (χ1) is 11.3. The van der Waals surface area contributed by atoms with Gasteiger partial charge in [0.05, 0.1) is 0 Å². The summed E-state index contributed by atoms with van der Waals surface area (Å²) < 4.78 is 6.88. The fourth-order valence-electron chi connectivity index (χ4n) is 2.27. The summed E-state index contributed by atoms with van der Waals surface area (Å²) in [6.07, 6.45) is 1.35. The van der Waals surface area contributed by atoms with Crippen molar-refractivity contribution in [3.8, 4) is 11.1 Å². The number of hydrogen-bond donors (Lipinski definition) is 2. The van der Waals surface area contributed by atoms with E-state index < -0.39 is 11.7 Å². The first-order valence-corrected chi connectivity index (χ1v) is 7.52. The van der Waals surface area contributed by atoms with Crippen molar-refractivity contribution in [2.24, 2.45) is 0 Å². The first-order valence-electron chi connectivity index (χ1n) is 7.52. The van der Waals surface area contributed by atoms with Crippen molar-refractivity contribution in [2.75, 3.05) is 11.1 Å². The molecular formula is C17H19N5O2. The lowest BCUT2D eigenvalue weighted by molar-refractivity contribution is 0.0636. The molecular weight excluding hydrogens is 306 g/mol. The highest BCUT2D eigenvalue weighted by Crippen LogP contribution is 2.23. The number of nitrogen functional groups attached to an aromatic ring is 1. The highest BCUT2D eigenvalue weighted by Gasteiger charge is 2.16. The number of fused-ring (bicyclic) bond motifs is 1. The van der Waals surface area contributed by atoms with Crippen LogP contribution in [0.25, 0.3) is 16.8 Å². The van der Waals surface area contributed by atoms with E-state index in [1.165, 1.54) is 0 Å². The van der Waals surface area contributed by atoms with Crippen molar-refractivity contribution in [3.63, 3.8) is 0 Å². The van der Waals surface area contributed by atoms with Crippen LogP contribution in [0, 0.1) is 0 Å². The van der Waals surface area contributed by atoms with E-state index in [0.717, 1.165) is 11.1 Å². The van der Waals surface area contributed by atoms with Crippen LogP contribution in [0.2, 0.25) is 0 Å². The van der Waals surface area contributed by atoms with Crippen molar-refractivity contribution in [3.05, 3.63) is 42.6 Å². The Bertz CT molecular complexity index is 895. The largest absolute Gasteiger partial charge is 0.444 e. The predicted molar refractivity (Wildman–Crippen MR) is 92.7 cm³/mol. The van der Waals surface area contributed by atoms with Crippen LogP contribution in [0.3, 0.4) is 0 Å². The van der Waals surface area contributed by atoms with Gasteiger partial charge in [0.25, 0.3) is 0 Å². The molecule has 0 fully saturated rings. The molecule has 3 aromatic rings. The topological polar surface area (TPSA) is 94.5 Å². The summed E-state index contributed by atoms with van der Waals surface area (Å²) in [7, 11) is 0. The van der Waals surface area contributed by atoms with E-state index in [1.54, 1.807) is 10.6 Å². The molecule has 3 N–H and O–H groups in total. The number of nitrogens with two attached hydrogens (primary N) is 1. The average Bonchev–Trinajstić information content (AvgIpc) is 2.84. The van der Waals surface area contributed by atoms with E-state index >= 15 is 0 Å². The standard InChI is InChI=1S/C17H19N5O2/c1-17(2,3)24-16(23)19-13-6-4-5-11(9-13)12-7-8-14-20-15(18)21-22(14)10-12/h4-10H,1-3H3,(H2,18,21)(H,19,23). The molecule has 24 heavy (non-hydrogen) atoms. The summed E-state index contributed by atoms with van der Waals surface area (Å²) in [6, 6.07) is 11.2. The molecule has 2 heterocycles. The minimum atomic E-state index is -0.542. The second kappa shape index (κ2) is 5.84. The number of ether oxygens (including phenoxy) is 1. The van der Waals surface area contributed by atoms with Gasteiger partial charge in [-0.05, 0) is 50.6 Å². The van der Waals surface area contributed by atoms with Crippen LogP contribution >= 0.6 is 0 Å². The van der Waals surface area contributed by atoms with Gasteiger partial charge in [-0.3, -0.25) is 5.32 Å². The molecule has 0 saturated heterocycles. The van der Waals surface area contributed by atoms with Crippen LogP contribution in [0.4, 0.5) is 16.4 Å². The normalized spacial score (nSPS) is 11.5. The van der Waals surface area contributed by atoms with Gasteiger partial charge in [0.2, 0.25) is 5.95 Å². The van der Waals surface area contributed by atoms with Gasteiger partial charge in [-0.1, -0.05) is 12.1 Å². The van der Waals surface area contributed by atoms with Crippen molar-refractivity contribution >= 4 is 23.4 Å². The molecule has 7 nitrogen and oxygen atoms in total. The van der Waals surface area contributed by atoms with Crippen LogP contribution in [0.15, 0.2) is 42.6 Å². The summed E-state index contributed by atoms with van der Waals surface area (Å²) in [5.74, 6) is 0.229. The number of pyridine rings is 1. The first kappa shape index (κ1) is 15.8. The molecule has 7 heteroatoms. The molecule has 0 unspecified atom stereocenters. The number of nitrogens with one attached hydrogen (secondary N) is 1. The number of nitrogens with zero attached hydrogens (tertiary/aromatic N) is 3. The number of carbonyl (C=O) groups excluding carboxylic acids is 1. The number of hydrogen-bond acceptors (Lipinski definition) is 5. The van der Waals surface area contributed by atoms with Gasteiger partial charge in [-0.2, -0.15) is 4.98 Å². The molecule has 0 aliphatic carbocycles. The monoisotopic (exact) mass is 325 g/mol. The lowest BCUT2D eigenvalue weighted by atomic mass is 10.1. The maximum Gasteiger partial charge on any atom is 0.412 e. The van der Waals surface area contributed by atoms with Crippen molar-refractivity contribution in [1.82, 2.24) is 14.6 Å². The third kappa shape index (κ3) is 3.62. The molecule has 0 aliphatic rings. The van der Waals surface area contributed by atoms with E-state index in [0.29, 0.717) is 11.3 Å². The summed E-state index contributed by atoms with van der Waals surface area (Å²) in [4.78, 5) is 16.0. The Morgan fingerprint density at radius 2 is 2.00 bits per heavy atom. The second-order valence-corrected chi connectivity index (χ2v) is 6.40. The Morgan fingerprint density at radius 1 is 1.21 bits per heavy atom. The Morgan fingerprint density at radius 3 is 2.75 bits per heavy atom. The average molecular weight is 325 g/mol. The maximum absolute atomic E-state index is 11.9. The molecule has 1 amide bonds. The number of amides is 1. The number of anilines is 2. The SMILES string of the molecule is CC(C)(C)OC(=O)Nc1cccc(-c2ccc3nc(N)nn3c2)c1. The maximum atomic E-state index is 11.9. The van der Waals surface area contributed by atoms with Gasteiger partial charge in [0.15, 0.2) is 5.65 Å². The van der Waals surface area contributed by atoms with Gasteiger partial charge in [0, 0.05) is 17.4 Å². The summed E-state index contributed by atoms with van der Waals surface area (Å²) in [5, 5.41) is 6.84. The molecule has 0 atom stereocenters. The van der Waals surface area contributed by atoms with Gasteiger partial charge in [-0.25, -0.2) is 9.31 Å². The van der Waals surface area contributed by atoms with Crippen LogP contribution in [-0.4, -0.2) is 26.3 Å². The number of carbonyl (C=O) groups is 1. The zero-order valence-electron chi connectivity index (χ0n) is 13.8. The van der Waals surface area contributed by atoms with Crippen LogP contribution in [0.1, 0.15) is 20.8 Å². The Kier molecular flexibility index (Phi) is 3.84. The summed E-state index contributed by atoms with van der Waals surface area (Å²) in [6.45, 7) is 5.46. The molecule has 124 valence electrons. The minimum Gasteiger partial charge on any atom is -0.444 e. The van der Waals surface area contributed by atoms with Gasteiger partial charge in [-0.15, -0.1) is 5.10 Å². The Labute approximate surface area is 139 Å². The minimum absolute atomic E-state index is 0.229. The Balaban J connectivity index is 1.85. The fraction of sp³-hybridized carbons (Fsp3) is 0.235. The zero-order valence-corrected chi connectivity index (χ0v) is 13.8. The molecule has 2 aromatic heterocycles. The van der Waals surface area contributed by atoms with E-state index in [1.807, 2.05) is 57.3 Å². The number of rotatable bonds is 2. The molecule has 0 bridgehead atoms. The Hall–Kier alpha value is -3.09.